The Morgan fingerprint density at radius 1 is 1.03 bits per heavy atom. The fraction of sp³-hybridized carbons (Fsp3) is 0.435. The molecule has 160 valence electrons. The maximum Gasteiger partial charge on any atom is 0.240 e. The Balaban J connectivity index is 1.16. The van der Waals surface area contributed by atoms with Gasteiger partial charge in [-0.3, -0.25) is 4.79 Å². The SMILES string of the molecule is O=C(c1ccc(OCCCN2CC[C@H](NS(=O)(=O)c3ccccc3)C2)cc1)C1CC1. The molecule has 1 aliphatic heterocycles. The lowest BCUT2D eigenvalue weighted by atomic mass is 10.1. The third kappa shape index (κ3) is 5.47. The van der Waals surface area contributed by atoms with Crippen LogP contribution in [0, 0.1) is 5.92 Å². The fourth-order valence-corrected chi connectivity index (χ4v) is 5.08. The molecule has 2 fully saturated rings. The van der Waals surface area contributed by atoms with E-state index in [4.69, 9.17) is 4.74 Å². The van der Waals surface area contributed by atoms with Gasteiger partial charge in [0.25, 0.3) is 0 Å². The van der Waals surface area contributed by atoms with Gasteiger partial charge in [-0.15, -0.1) is 0 Å². The van der Waals surface area contributed by atoms with Crippen molar-refractivity contribution in [2.24, 2.45) is 5.92 Å². The van der Waals surface area contributed by atoms with Gasteiger partial charge < -0.3 is 9.64 Å². The molecule has 0 radical (unpaired) electrons. The molecular weight excluding hydrogens is 400 g/mol. The van der Waals surface area contributed by atoms with E-state index in [-0.39, 0.29) is 17.7 Å². The molecule has 4 rings (SSSR count). The minimum atomic E-state index is -3.46. The lowest BCUT2D eigenvalue weighted by Crippen LogP contribution is -2.37. The summed E-state index contributed by atoms with van der Waals surface area (Å²) in [6.07, 6.45) is 3.70. The van der Waals surface area contributed by atoms with Crippen molar-refractivity contribution in [3.05, 3.63) is 60.2 Å². The van der Waals surface area contributed by atoms with Crippen LogP contribution in [0.5, 0.6) is 5.75 Å². The molecule has 1 saturated heterocycles. The van der Waals surface area contributed by atoms with Gasteiger partial charge in [-0.1, -0.05) is 18.2 Å². The number of carbonyl (C=O) groups excluding carboxylic acids is 1. The topological polar surface area (TPSA) is 75.7 Å². The minimum Gasteiger partial charge on any atom is -0.494 e. The van der Waals surface area contributed by atoms with Gasteiger partial charge in [-0.2, -0.15) is 0 Å². The smallest absolute Gasteiger partial charge is 0.240 e. The molecule has 1 saturated carbocycles. The number of ether oxygens (including phenoxy) is 1. The van der Waals surface area contributed by atoms with E-state index in [1.54, 1.807) is 30.3 Å². The van der Waals surface area contributed by atoms with Crippen molar-refractivity contribution in [1.29, 1.82) is 0 Å². The number of nitrogens with zero attached hydrogens (tertiary/aromatic N) is 1. The van der Waals surface area contributed by atoms with Crippen LogP contribution in [0.3, 0.4) is 0 Å². The summed E-state index contributed by atoms with van der Waals surface area (Å²) in [5, 5.41) is 0. The van der Waals surface area contributed by atoms with E-state index in [0.717, 1.165) is 50.1 Å². The van der Waals surface area contributed by atoms with Gasteiger partial charge in [0.2, 0.25) is 10.0 Å². The molecule has 0 bridgehead atoms. The molecule has 2 aliphatic rings. The van der Waals surface area contributed by atoms with Crippen molar-refractivity contribution in [2.75, 3.05) is 26.2 Å². The van der Waals surface area contributed by atoms with Gasteiger partial charge in [-0.05, 0) is 68.6 Å². The number of Topliss-reactive ketones (excluding diaryl/α,β-unsaturated/α-hetero) is 1. The molecule has 0 aromatic heterocycles. The second kappa shape index (κ2) is 9.29. The Labute approximate surface area is 178 Å². The lowest BCUT2D eigenvalue weighted by molar-refractivity contribution is 0.0967. The third-order valence-electron chi connectivity index (χ3n) is 5.62. The largest absolute Gasteiger partial charge is 0.494 e. The molecule has 1 heterocycles. The summed E-state index contributed by atoms with van der Waals surface area (Å²) in [5.74, 6) is 1.25. The number of likely N-dealkylation sites (tertiary alicyclic amines) is 1. The average molecular weight is 429 g/mol. The maximum atomic E-state index is 12.4. The van der Waals surface area contributed by atoms with Crippen LogP contribution in [-0.4, -0.2) is 51.4 Å². The Morgan fingerprint density at radius 2 is 1.77 bits per heavy atom. The number of carbonyl (C=O) groups is 1. The summed E-state index contributed by atoms with van der Waals surface area (Å²) in [5.41, 5.74) is 0.769. The molecular formula is C23H28N2O4S. The Hall–Kier alpha value is -2.22. The number of hydrogen-bond donors (Lipinski definition) is 1. The molecule has 6 nitrogen and oxygen atoms in total. The first-order chi connectivity index (χ1) is 14.5. The van der Waals surface area contributed by atoms with Gasteiger partial charge in [0, 0.05) is 30.6 Å². The summed E-state index contributed by atoms with van der Waals surface area (Å²) < 4.78 is 33.5. The molecule has 1 atom stereocenters. The van der Waals surface area contributed by atoms with Crippen molar-refractivity contribution < 1.29 is 17.9 Å². The first-order valence-corrected chi connectivity index (χ1v) is 12.1. The fourth-order valence-electron chi connectivity index (χ4n) is 3.79. The van der Waals surface area contributed by atoms with E-state index in [1.807, 2.05) is 24.3 Å². The summed E-state index contributed by atoms with van der Waals surface area (Å²) in [6.45, 7) is 3.04. The first kappa shape index (κ1) is 21.0. The first-order valence-electron chi connectivity index (χ1n) is 10.6. The molecule has 0 amide bonds. The van der Waals surface area contributed by atoms with Crippen LogP contribution in [-0.2, 0) is 10.0 Å². The van der Waals surface area contributed by atoms with E-state index in [9.17, 15) is 13.2 Å². The predicted molar refractivity (Wildman–Crippen MR) is 115 cm³/mol. The van der Waals surface area contributed by atoms with E-state index in [1.165, 1.54) is 0 Å². The number of nitrogens with one attached hydrogen (secondary N) is 1. The molecule has 1 aliphatic carbocycles. The number of ketones is 1. The van der Waals surface area contributed by atoms with Crippen LogP contribution in [0.2, 0.25) is 0 Å². The Morgan fingerprint density at radius 3 is 2.47 bits per heavy atom. The summed E-state index contributed by atoms with van der Waals surface area (Å²) in [7, 11) is -3.46. The predicted octanol–water partition coefficient (Wildman–Crippen LogP) is 3.10. The Kier molecular flexibility index (Phi) is 6.51. The van der Waals surface area contributed by atoms with Gasteiger partial charge in [0.15, 0.2) is 5.78 Å². The van der Waals surface area contributed by atoms with Crippen LogP contribution in [0.1, 0.15) is 36.0 Å². The number of sulfonamides is 1. The summed E-state index contributed by atoms with van der Waals surface area (Å²) in [4.78, 5) is 14.6. The molecule has 0 unspecified atom stereocenters. The van der Waals surface area contributed by atoms with E-state index in [0.29, 0.717) is 18.0 Å². The quantitative estimate of drug-likeness (QED) is 0.465. The summed E-state index contributed by atoms with van der Waals surface area (Å²) in [6, 6.07) is 15.8. The van der Waals surface area contributed by atoms with Gasteiger partial charge in [0.05, 0.1) is 11.5 Å². The highest BCUT2D eigenvalue weighted by Crippen LogP contribution is 2.32. The number of rotatable bonds is 10. The van der Waals surface area contributed by atoms with Gasteiger partial charge in [0.1, 0.15) is 5.75 Å². The molecule has 2 aromatic rings. The second-order valence-electron chi connectivity index (χ2n) is 8.09. The number of hydrogen-bond acceptors (Lipinski definition) is 5. The minimum absolute atomic E-state index is 0.0623. The lowest BCUT2D eigenvalue weighted by Gasteiger charge is -2.17. The van der Waals surface area contributed by atoms with Gasteiger partial charge in [-0.25, -0.2) is 13.1 Å². The standard InChI is InChI=1S/C23H28N2O4S/c26-23(18-7-8-18)19-9-11-21(12-10-19)29-16-4-14-25-15-13-20(17-25)24-30(27,28)22-5-2-1-3-6-22/h1-3,5-6,9-12,18,20,24H,4,7-8,13-17H2/t20-/m0/s1. The molecule has 7 heteroatoms. The normalized spacial score (nSPS) is 19.7. The maximum absolute atomic E-state index is 12.4. The molecule has 30 heavy (non-hydrogen) atoms. The van der Waals surface area contributed by atoms with Gasteiger partial charge >= 0.3 is 0 Å². The van der Waals surface area contributed by atoms with E-state index in [2.05, 4.69) is 9.62 Å². The van der Waals surface area contributed by atoms with Crippen LogP contribution in [0.25, 0.3) is 0 Å². The van der Waals surface area contributed by atoms with Crippen molar-refractivity contribution in [3.8, 4) is 5.75 Å². The highest BCUT2D eigenvalue weighted by atomic mass is 32.2. The van der Waals surface area contributed by atoms with E-state index < -0.39 is 10.0 Å². The second-order valence-corrected chi connectivity index (χ2v) is 9.80. The zero-order chi connectivity index (χ0) is 21.0. The van der Waals surface area contributed by atoms with Crippen LogP contribution in [0.4, 0.5) is 0 Å². The summed E-state index contributed by atoms with van der Waals surface area (Å²) >= 11 is 0. The zero-order valence-corrected chi connectivity index (χ0v) is 17.8. The van der Waals surface area contributed by atoms with Crippen molar-refractivity contribution >= 4 is 15.8 Å². The number of benzene rings is 2. The monoisotopic (exact) mass is 428 g/mol. The van der Waals surface area contributed by atoms with E-state index >= 15 is 0 Å². The zero-order valence-electron chi connectivity index (χ0n) is 17.0. The molecule has 2 aromatic carbocycles. The highest BCUT2D eigenvalue weighted by molar-refractivity contribution is 7.89. The van der Waals surface area contributed by atoms with Crippen molar-refractivity contribution in [3.63, 3.8) is 0 Å². The molecule has 0 spiro atoms. The van der Waals surface area contributed by atoms with Crippen molar-refractivity contribution in [1.82, 2.24) is 9.62 Å². The molecule has 1 N–H and O–H groups in total. The Bertz CT molecular complexity index is 956. The highest BCUT2D eigenvalue weighted by Gasteiger charge is 2.30. The van der Waals surface area contributed by atoms with Crippen LogP contribution in [0.15, 0.2) is 59.5 Å². The van der Waals surface area contributed by atoms with Crippen molar-refractivity contribution in [2.45, 2.75) is 36.6 Å². The van der Waals surface area contributed by atoms with Crippen LogP contribution < -0.4 is 9.46 Å². The van der Waals surface area contributed by atoms with Crippen LogP contribution >= 0.6 is 0 Å². The average Bonchev–Trinajstić information content (AvgIpc) is 3.52. The third-order valence-corrected chi connectivity index (χ3v) is 7.16.